The van der Waals surface area contributed by atoms with Crippen LogP contribution in [0, 0.1) is 5.92 Å². The molecule has 2 aliphatic rings. The molecule has 3 heteroatoms. The quantitative estimate of drug-likeness (QED) is 0.881. The molecule has 2 aromatic rings. The van der Waals surface area contributed by atoms with Crippen LogP contribution in [0.5, 0.6) is 5.75 Å². The lowest BCUT2D eigenvalue weighted by Crippen LogP contribution is -2.37. The number of hydrogen-bond donors (Lipinski definition) is 2. The van der Waals surface area contributed by atoms with E-state index in [9.17, 15) is 0 Å². The summed E-state index contributed by atoms with van der Waals surface area (Å²) in [4.78, 5) is 0. The van der Waals surface area contributed by atoms with Gasteiger partial charge in [-0.15, -0.1) is 0 Å². The van der Waals surface area contributed by atoms with Gasteiger partial charge >= 0.3 is 0 Å². The van der Waals surface area contributed by atoms with Gasteiger partial charge in [0, 0.05) is 30.2 Å². The van der Waals surface area contributed by atoms with E-state index in [0.717, 1.165) is 18.2 Å². The first-order chi connectivity index (χ1) is 11.9. The molecule has 0 amide bonds. The molecule has 1 aliphatic heterocycles. The summed E-state index contributed by atoms with van der Waals surface area (Å²) in [6, 6.07) is 20.7. The third-order valence-corrected chi connectivity index (χ3v) is 5.66. The molecule has 0 spiro atoms. The maximum atomic E-state index is 5.50. The van der Waals surface area contributed by atoms with Gasteiger partial charge in [-0.1, -0.05) is 55.0 Å². The topological polar surface area (TPSA) is 33.3 Å². The van der Waals surface area contributed by atoms with Crippen molar-refractivity contribution in [2.75, 3.05) is 7.11 Å². The number of rotatable bonds is 5. The van der Waals surface area contributed by atoms with E-state index in [-0.39, 0.29) is 0 Å². The Morgan fingerprint density at radius 1 is 1.04 bits per heavy atom. The molecule has 4 atom stereocenters. The third-order valence-electron chi connectivity index (χ3n) is 5.66. The van der Waals surface area contributed by atoms with Crippen LogP contribution >= 0.6 is 0 Å². The summed E-state index contributed by atoms with van der Waals surface area (Å²) >= 11 is 0. The Labute approximate surface area is 144 Å². The zero-order chi connectivity index (χ0) is 16.4. The SMILES string of the molecule is COc1ccccc1CN[C@H]1[C@@H]2CCC[C@@H]2N[C@H]1c1ccccc1. The molecule has 1 saturated heterocycles. The second-order valence-electron chi connectivity index (χ2n) is 6.97. The van der Waals surface area contributed by atoms with Gasteiger partial charge in [-0.3, -0.25) is 0 Å². The molecule has 1 aliphatic carbocycles. The molecule has 0 aromatic heterocycles. The number of nitrogens with one attached hydrogen (secondary N) is 2. The van der Waals surface area contributed by atoms with Gasteiger partial charge in [0.1, 0.15) is 5.75 Å². The van der Waals surface area contributed by atoms with Gasteiger partial charge in [-0.25, -0.2) is 0 Å². The number of hydrogen-bond acceptors (Lipinski definition) is 3. The molecule has 3 nitrogen and oxygen atoms in total. The molecule has 4 rings (SSSR count). The summed E-state index contributed by atoms with van der Waals surface area (Å²) in [5.74, 6) is 1.69. The van der Waals surface area contributed by atoms with E-state index in [4.69, 9.17) is 4.74 Å². The zero-order valence-electron chi connectivity index (χ0n) is 14.2. The first kappa shape index (κ1) is 15.7. The van der Waals surface area contributed by atoms with Crippen molar-refractivity contribution in [1.82, 2.24) is 10.6 Å². The number of fused-ring (bicyclic) bond motifs is 1. The standard InChI is InChI=1S/C21H26N2O/c1-24-19-13-6-5-10-16(19)14-22-21-17-11-7-12-18(17)23-20(21)15-8-3-2-4-9-15/h2-6,8-10,13,17-18,20-23H,7,11-12,14H2,1H3/t17-,18+,20+,21+/m1/s1. The molecule has 2 aromatic carbocycles. The van der Waals surface area contributed by atoms with Crippen LogP contribution in [0.25, 0.3) is 0 Å². The number of ether oxygens (including phenoxy) is 1. The first-order valence-electron chi connectivity index (χ1n) is 9.03. The molecule has 1 heterocycles. The molecule has 0 radical (unpaired) electrons. The minimum atomic E-state index is 0.399. The fraction of sp³-hybridized carbons (Fsp3) is 0.429. The fourth-order valence-corrected chi connectivity index (χ4v) is 4.52. The highest BCUT2D eigenvalue weighted by Crippen LogP contribution is 2.41. The maximum absolute atomic E-state index is 5.50. The van der Waals surface area contributed by atoms with Crippen LogP contribution < -0.4 is 15.4 Å². The summed E-state index contributed by atoms with van der Waals surface area (Å²) in [6.45, 7) is 0.850. The van der Waals surface area contributed by atoms with E-state index in [0.29, 0.717) is 18.1 Å². The van der Waals surface area contributed by atoms with Crippen LogP contribution in [-0.4, -0.2) is 19.2 Å². The maximum Gasteiger partial charge on any atom is 0.123 e. The van der Waals surface area contributed by atoms with Crippen molar-refractivity contribution in [3.05, 3.63) is 65.7 Å². The lowest BCUT2D eigenvalue weighted by molar-refractivity contribution is 0.365. The highest BCUT2D eigenvalue weighted by molar-refractivity contribution is 5.33. The van der Waals surface area contributed by atoms with Crippen molar-refractivity contribution >= 4 is 0 Å². The summed E-state index contributed by atoms with van der Waals surface area (Å²) in [5, 5.41) is 7.74. The van der Waals surface area contributed by atoms with Crippen molar-refractivity contribution in [3.8, 4) is 5.75 Å². The van der Waals surface area contributed by atoms with Gasteiger partial charge in [0.05, 0.1) is 7.11 Å². The Morgan fingerprint density at radius 3 is 2.67 bits per heavy atom. The predicted molar refractivity (Wildman–Crippen MR) is 97.1 cm³/mol. The molecule has 24 heavy (non-hydrogen) atoms. The molecule has 1 saturated carbocycles. The lowest BCUT2D eigenvalue weighted by Gasteiger charge is -2.25. The van der Waals surface area contributed by atoms with E-state index in [1.54, 1.807) is 7.11 Å². The van der Waals surface area contributed by atoms with Gasteiger partial charge in [-0.05, 0) is 30.4 Å². The Hall–Kier alpha value is -1.84. The average Bonchev–Trinajstić information content (AvgIpc) is 3.22. The average molecular weight is 322 g/mol. The van der Waals surface area contributed by atoms with Gasteiger partial charge in [0.25, 0.3) is 0 Å². The van der Waals surface area contributed by atoms with Crippen LogP contribution in [0.15, 0.2) is 54.6 Å². The predicted octanol–water partition coefficient (Wildman–Crippen LogP) is 3.67. The normalized spacial score (nSPS) is 28.7. The van der Waals surface area contributed by atoms with E-state index in [1.165, 1.54) is 30.4 Å². The van der Waals surface area contributed by atoms with E-state index >= 15 is 0 Å². The van der Waals surface area contributed by atoms with Crippen molar-refractivity contribution in [3.63, 3.8) is 0 Å². The summed E-state index contributed by atoms with van der Waals surface area (Å²) in [5.41, 5.74) is 2.62. The lowest BCUT2D eigenvalue weighted by atomic mass is 9.91. The smallest absolute Gasteiger partial charge is 0.123 e. The first-order valence-corrected chi connectivity index (χ1v) is 9.03. The van der Waals surface area contributed by atoms with Crippen molar-refractivity contribution < 1.29 is 4.74 Å². The van der Waals surface area contributed by atoms with Crippen LogP contribution in [-0.2, 0) is 6.54 Å². The van der Waals surface area contributed by atoms with Crippen LogP contribution in [0.4, 0.5) is 0 Å². The second kappa shape index (κ2) is 6.96. The van der Waals surface area contributed by atoms with Crippen molar-refractivity contribution in [2.24, 2.45) is 5.92 Å². The Morgan fingerprint density at radius 2 is 1.83 bits per heavy atom. The molecule has 126 valence electrons. The molecular formula is C21H26N2O. The third kappa shape index (κ3) is 2.94. The fourth-order valence-electron chi connectivity index (χ4n) is 4.52. The zero-order valence-corrected chi connectivity index (χ0v) is 14.2. The number of benzene rings is 2. The largest absolute Gasteiger partial charge is 0.496 e. The van der Waals surface area contributed by atoms with Crippen molar-refractivity contribution in [1.29, 1.82) is 0 Å². The van der Waals surface area contributed by atoms with Gasteiger partial charge in [0.2, 0.25) is 0 Å². The summed E-state index contributed by atoms with van der Waals surface area (Å²) in [7, 11) is 1.75. The Kier molecular flexibility index (Phi) is 4.54. The summed E-state index contributed by atoms with van der Waals surface area (Å²) in [6.07, 6.45) is 3.97. The minimum Gasteiger partial charge on any atom is -0.496 e. The van der Waals surface area contributed by atoms with Crippen molar-refractivity contribution in [2.45, 2.75) is 43.9 Å². The highest BCUT2D eigenvalue weighted by atomic mass is 16.5. The van der Waals surface area contributed by atoms with Crippen LogP contribution in [0.3, 0.4) is 0 Å². The minimum absolute atomic E-state index is 0.399. The highest BCUT2D eigenvalue weighted by Gasteiger charge is 2.45. The van der Waals surface area contributed by atoms with E-state index < -0.39 is 0 Å². The number of methoxy groups -OCH3 is 1. The second-order valence-corrected chi connectivity index (χ2v) is 6.97. The molecule has 2 N–H and O–H groups in total. The molecule has 2 fully saturated rings. The molecular weight excluding hydrogens is 296 g/mol. The van der Waals surface area contributed by atoms with Crippen LogP contribution in [0.2, 0.25) is 0 Å². The monoisotopic (exact) mass is 322 g/mol. The molecule has 0 bridgehead atoms. The van der Waals surface area contributed by atoms with E-state index in [1.807, 2.05) is 12.1 Å². The molecule has 0 unspecified atom stereocenters. The summed E-state index contributed by atoms with van der Waals surface area (Å²) < 4.78 is 5.50. The number of para-hydroxylation sites is 1. The van der Waals surface area contributed by atoms with Gasteiger partial charge in [-0.2, -0.15) is 0 Å². The van der Waals surface area contributed by atoms with Gasteiger partial charge < -0.3 is 15.4 Å². The van der Waals surface area contributed by atoms with E-state index in [2.05, 4.69) is 53.1 Å². The van der Waals surface area contributed by atoms with Crippen LogP contribution in [0.1, 0.15) is 36.4 Å². The Balaban J connectivity index is 1.54. The van der Waals surface area contributed by atoms with Gasteiger partial charge in [0.15, 0.2) is 0 Å². The Bertz CT molecular complexity index is 673.